The van der Waals surface area contributed by atoms with Crippen LogP contribution in [0.25, 0.3) is 0 Å². The van der Waals surface area contributed by atoms with Gasteiger partial charge in [-0.05, 0) is 39.0 Å². The highest BCUT2D eigenvalue weighted by Gasteiger charge is 2.16. The lowest BCUT2D eigenvalue weighted by atomic mass is 10.2. The maximum Gasteiger partial charge on any atom is 0.412 e. The summed E-state index contributed by atoms with van der Waals surface area (Å²) >= 11 is 0. The van der Waals surface area contributed by atoms with Gasteiger partial charge in [0.25, 0.3) is 0 Å². The molecule has 3 N–H and O–H groups in total. The molecule has 0 aromatic heterocycles. The molecule has 0 aliphatic carbocycles. The van der Waals surface area contributed by atoms with Gasteiger partial charge in [-0.2, -0.15) is 0 Å². The predicted octanol–water partition coefficient (Wildman–Crippen LogP) is 1.82. The zero-order valence-corrected chi connectivity index (χ0v) is 12.8. The van der Waals surface area contributed by atoms with E-state index >= 15 is 0 Å². The lowest BCUT2D eigenvalue weighted by molar-refractivity contribution is 0.0636. The van der Waals surface area contributed by atoms with Gasteiger partial charge in [0.15, 0.2) is 0 Å². The van der Waals surface area contributed by atoms with Gasteiger partial charge in [-0.15, -0.1) is 0 Å². The van der Waals surface area contributed by atoms with Gasteiger partial charge in [-0.3, -0.25) is 5.32 Å². The molecule has 1 amide bonds. The van der Waals surface area contributed by atoms with Gasteiger partial charge in [0, 0.05) is 24.5 Å². The molecule has 0 aliphatic heterocycles. The first-order chi connectivity index (χ1) is 9.85. The summed E-state index contributed by atoms with van der Waals surface area (Å²) in [5.74, 6) is 0. The van der Waals surface area contributed by atoms with Crippen LogP contribution in [0.5, 0.6) is 0 Å². The zero-order valence-electron chi connectivity index (χ0n) is 12.8. The second-order valence-electron chi connectivity index (χ2n) is 5.61. The molecule has 21 heavy (non-hydrogen) atoms. The van der Waals surface area contributed by atoms with Crippen molar-refractivity contribution in [2.24, 2.45) is 0 Å². The second kappa shape index (κ2) is 7.85. The smallest absolute Gasteiger partial charge is 0.412 e. The summed E-state index contributed by atoms with van der Waals surface area (Å²) < 4.78 is 5.19. The minimum absolute atomic E-state index is 0.0102. The predicted molar refractivity (Wildman–Crippen MR) is 82.7 cm³/mol. The lowest BCUT2D eigenvalue weighted by Crippen LogP contribution is -2.30. The van der Waals surface area contributed by atoms with Crippen molar-refractivity contribution in [3.63, 3.8) is 0 Å². The first-order valence-corrected chi connectivity index (χ1v) is 6.92. The van der Waals surface area contributed by atoms with E-state index in [1.165, 1.54) is 0 Å². The summed E-state index contributed by atoms with van der Waals surface area (Å²) in [6.45, 7) is 6.20. The van der Waals surface area contributed by atoms with Gasteiger partial charge in [0.2, 0.25) is 0 Å². The van der Waals surface area contributed by atoms with Crippen molar-refractivity contribution in [2.45, 2.75) is 26.4 Å². The molecule has 0 fully saturated rings. The van der Waals surface area contributed by atoms with Gasteiger partial charge in [0.05, 0.1) is 13.2 Å². The van der Waals surface area contributed by atoms with E-state index in [0.29, 0.717) is 18.8 Å². The summed E-state index contributed by atoms with van der Waals surface area (Å²) in [6.07, 6.45) is -0.518. The first-order valence-electron chi connectivity index (χ1n) is 6.92. The molecule has 0 radical (unpaired) electrons. The topological polar surface area (TPSA) is 82.0 Å². The Morgan fingerprint density at radius 3 is 2.38 bits per heavy atom. The molecule has 0 aliphatic rings. The molecule has 0 bridgehead atoms. The van der Waals surface area contributed by atoms with E-state index in [-0.39, 0.29) is 13.2 Å². The number of amides is 1. The molecule has 1 rings (SSSR count). The van der Waals surface area contributed by atoms with Gasteiger partial charge in [-0.1, -0.05) is 6.07 Å². The molecule has 0 spiro atoms. The maximum atomic E-state index is 11.7. The van der Waals surface area contributed by atoms with Crippen LogP contribution in [0.1, 0.15) is 20.8 Å². The molecule has 1 aromatic carbocycles. The third-order valence-corrected chi connectivity index (χ3v) is 2.60. The van der Waals surface area contributed by atoms with Crippen LogP contribution in [0.2, 0.25) is 0 Å². The summed E-state index contributed by atoms with van der Waals surface area (Å²) in [6, 6.07) is 7.17. The van der Waals surface area contributed by atoms with Crippen molar-refractivity contribution >= 4 is 17.5 Å². The Kier molecular flexibility index (Phi) is 6.45. The molecular weight excluding hydrogens is 272 g/mol. The van der Waals surface area contributed by atoms with E-state index in [0.717, 1.165) is 5.69 Å². The minimum Gasteiger partial charge on any atom is -0.444 e. The Hall–Kier alpha value is -1.79. The Morgan fingerprint density at radius 2 is 1.86 bits per heavy atom. The Morgan fingerprint density at radius 1 is 1.24 bits per heavy atom. The van der Waals surface area contributed by atoms with Crippen LogP contribution >= 0.6 is 0 Å². The van der Waals surface area contributed by atoms with Gasteiger partial charge in [0.1, 0.15) is 5.60 Å². The van der Waals surface area contributed by atoms with E-state index in [2.05, 4.69) is 5.32 Å². The Labute approximate surface area is 125 Å². The number of aliphatic hydroxyl groups is 2. The number of rotatable bonds is 6. The fraction of sp³-hybridized carbons (Fsp3) is 0.533. The van der Waals surface area contributed by atoms with Crippen molar-refractivity contribution in [1.82, 2.24) is 0 Å². The Balaban J connectivity index is 2.77. The molecule has 1 aromatic rings. The average Bonchev–Trinajstić information content (AvgIpc) is 2.36. The monoisotopic (exact) mass is 296 g/mol. The van der Waals surface area contributed by atoms with E-state index < -0.39 is 11.7 Å². The normalized spacial score (nSPS) is 11.1. The van der Waals surface area contributed by atoms with Crippen LogP contribution in [0, 0.1) is 0 Å². The van der Waals surface area contributed by atoms with Crippen LogP contribution in [0.3, 0.4) is 0 Å². The quantitative estimate of drug-likeness (QED) is 0.746. The van der Waals surface area contributed by atoms with Crippen molar-refractivity contribution in [1.29, 1.82) is 0 Å². The van der Waals surface area contributed by atoms with E-state index in [1.54, 1.807) is 39.0 Å². The average molecular weight is 296 g/mol. The van der Waals surface area contributed by atoms with Gasteiger partial charge >= 0.3 is 6.09 Å². The van der Waals surface area contributed by atoms with E-state index in [1.807, 2.05) is 11.0 Å². The molecule has 0 unspecified atom stereocenters. The number of carbonyl (C=O) groups is 1. The van der Waals surface area contributed by atoms with Crippen molar-refractivity contribution in [3.05, 3.63) is 24.3 Å². The molecule has 0 saturated heterocycles. The Bertz CT molecular complexity index is 451. The number of benzene rings is 1. The fourth-order valence-corrected chi connectivity index (χ4v) is 1.81. The molecule has 0 atom stereocenters. The standard InChI is InChI=1S/C15H24N2O4/c1-15(2,3)21-14(20)16-12-5-4-6-13(11-12)17(7-9-18)8-10-19/h4-6,11,18-19H,7-10H2,1-3H3,(H,16,20). The van der Waals surface area contributed by atoms with Crippen LogP contribution in [-0.4, -0.2) is 48.2 Å². The largest absolute Gasteiger partial charge is 0.444 e. The number of ether oxygens (including phenoxy) is 1. The maximum absolute atomic E-state index is 11.7. The number of nitrogens with one attached hydrogen (secondary N) is 1. The van der Waals surface area contributed by atoms with Crippen molar-refractivity contribution in [3.8, 4) is 0 Å². The molecule has 0 heterocycles. The third kappa shape index (κ3) is 6.46. The van der Waals surface area contributed by atoms with Gasteiger partial charge < -0.3 is 19.8 Å². The van der Waals surface area contributed by atoms with Crippen molar-refractivity contribution in [2.75, 3.05) is 36.5 Å². The SMILES string of the molecule is CC(C)(C)OC(=O)Nc1cccc(N(CCO)CCO)c1. The van der Waals surface area contributed by atoms with E-state index in [9.17, 15) is 4.79 Å². The minimum atomic E-state index is -0.554. The number of hydrogen-bond donors (Lipinski definition) is 3. The fourth-order valence-electron chi connectivity index (χ4n) is 1.81. The highest BCUT2D eigenvalue weighted by molar-refractivity contribution is 5.85. The van der Waals surface area contributed by atoms with Crippen LogP contribution in [0.4, 0.5) is 16.2 Å². The van der Waals surface area contributed by atoms with Crippen LogP contribution < -0.4 is 10.2 Å². The number of hydrogen-bond acceptors (Lipinski definition) is 5. The lowest BCUT2D eigenvalue weighted by Gasteiger charge is -2.24. The highest BCUT2D eigenvalue weighted by atomic mass is 16.6. The second-order valence-corrected chi connectivity index (χ2v) is 5.61. The highest BCUT2D eigenvalue weighted by Crippen LogP contribution is 2.20. The van der Waals surface area contributed by atoms with Gasteiger partial charge in [-0.25, -0.2) is 4.79 Å². The number of nitrogens with zero attached hydrogens (tertiary/aromatic N) is 1. The molecule has 6 heteroatoms. The summed E-state index contributed by atoms with van der Waals surface area (Å²) in [7, 11) is 0. The third-order valence-electron chi connectivity index (χ3n) is 2.60. The van der Waals surface area contributed by atoms with Crippen LogP contribution in [-0.2, 0) is 4.74 Å². The molecule has 0 saturated carbocycles. The van der Waals surface area contributed by atoms with E-state index in [4.69, 9.17) is 14.9 Å². The first kappa shape index (κ1) is 17.3. The number of anilines is 2. The number of aliphatic hydroxyl groups excluding tert-OH is 2. The summed E-state index contributed by atoms with van der Waals surface area (Å²) in [4.78, 5) is 13.6. The molecular formula is C15H24N2O4. The summed E-state index contributed by atoms with van der Waals surface area (Å²) in [5.41, 5.74) is 0.857. The molecule has 6 nitrogen and oxygen atoms in total. The van der Waals surface area contributed by atoms with Crippen molar-refractivity contribution < 1.29 is 19.7 Å². The number of carbonyl (C=O) groups excluding carboxylic acids is 1. The zero-order chi connectivity index (χ0) is 15.9. The summed E-state index contributed by atoms with van der Waals surface area (Å²) in [5, 5.41) is 20.8. The van der Waals surface area contributed by atoms with Crippen LogP contribution in [0.15, 0.2) is 24.3 Å². The molecule has 118 valence electrons.